The largest absolute Gasteiger partial charge is 0.471 e. The SMILES string of the molecule is CN(C)c1ccc(OC2CCCN(C(=O)c3cc4ccccn4c3)C2)nn1. The van der Waals surface area contributed by atoms with Crippen LogP contribution in [0.3, 0.4) is 0 Å². The third kappa shape index (κ3) is 3.72. The Bertz CT molecular complexity index is 902. The Morgan fingerprint density at radius 3 is 2.85 bits per heavy atom. The predicted molar refractivity (Wildman–Crippen MR) is 103 cm³/mol. The predicted octanol–water partition coefficient (Wildman–Crippen LogP) is 2.48. The van der Waals surface area contributed by atoms with Crippen molar-refractivity contribution in [3.63, 3.8) is 0 Å². The van der Waals surface area contributed by atoms with E-state index in [2.05, 4.69) is 10.2 Å². The van der Waals surface area contributed by atoms with Crippen molar-refractivity contribution in [1.82, 2.24) is 19.5 Å². The number of rotatable bonds is 4. The molecule has 0 saturated carbocycles. The van der Waals surface area contributed by atoms with Crippen LogP contribution in [0, 0.1) is 0 Å². The second-order valence-corrected chi connectivity index (χ2v) is 7.02. The summed E-state index contributed by atoms with van der Waals surface area (Å²) in [7, 11) is 3.83. The molecule has 1 aliphatic heterocycles. The Labute approximate surface area is 158 Å². The van der Waals surface area contributed by atoms with Gasteiger partial charge in [0.05, 0.1) is 12.1 Å². The van der Waals surface area contributed by atoms with E-state index in [9.17, 15) is 4.79 Å². The van der Waals surface area contributed by atoms with E-state index in [4.69, 9.17) is 4.74 Å². The first kappa shape index (κ1) is 17.3. The number of amides is 1. The van der Waals surface area contributed by atoms with Gasteiger partial charge in [-0.25, -0.2) is 0 Å². The lowest BCUT2D eigenvalue weighted by Gasteiger charge is -2.32. The van der Waals surface area contributed by atoms with Gasteiger partial charge in [-0.1, -0.05) is 6.07 Å². The summed E-state index contributed by atoms with van der Waals surface area (Å²) < 4.78 is 7.94. The molecule has 140 valence electrons. The minimum Gasteiger partial charge on any atom is -0.471 e. The Balaban J connectivity index is 1.43. The van der Waals surface area contributed by atoms with Gasteiger partial charge in [0.15, 0.2) is 5.82 Å². The molecule has 1 fully saturated rings. The Morgan fingerprint density at radius 2 is 2.11 bits per heavy atom. The summed E-state index contributed by atoms with van der Waals surface area (Å²) in [6.07, 6.45) is 5.57. The van der Waals surface area contributed by atoms with E-state index < -0.39 is 0 Å². The van der Waals surface area contributed by atoms with Gasteiger partial charge in [0.2, 0.25) is 5.88 Å². The standard InChI is InChI=1S/C20H23N5O2/c1-23(2)18-8-9-19(22-21-18)27-17-7-5-11-25(14-17)20(26)15-12-16-6-3-4-10-24(16)13-15/h3-4,6,8-10,12-13,17H,5,7,11,14H2,1-2H3. The van der Waals surface area contributed by atoms with Crippen molar-refractivity contribution in [2.24, 2.45) is 0 Å². The molecule has 27 heavy (non-hydrogen) atoms. The van der Waals surface area contributed by atoms with E-state index in [1.807, 2.05) is 77.1 Å². The quantitative estimate of drug-likeness (QED) is 0.711. The molecular formula is C20H23N5O2. The van der Waals surface area contributed by atoms with E-state index in [0.717, 1.165) is 30.7 Å². The van der Waals surface area contributed by atoms with Crippen LogP contribution in [0.2, 0.25) is 0 Å². The first-order chi connectivity index (χ1) is 13.1. The first-order valence-corrected chi connectivity index (χ1v) is 9.14. The maximum absolute atomic E-state index is 12.9. The van der Waals surface area contributed by atoms with Crippen molar-refractivity contribution in [1.29, 1.82) is 0 Å². The van der Waals surface area contributed by atoms with Gasteiger partial charge in [0.1, 0.15) is 6.10 Å². The van der Waals surface area contributed by atoms with Crippen molar-refractivity contribution >= 4 is 17.2 Å². The molecule has 1 unspecified atom stereocenters. The van der Waals surface area contributed by atoms with Crippen LogP contribution in [0.5, 0.6) is 5.88 Å². The lowest BCUT2D eigenvalue weighted by atomic mass is 10.1. The van der Waals surface area contributed by atoms with Crippen LogP contribution in [0.15, 0.2) is 48.8 Å². The van der Waals surface area contributed by atoms with Gasteiger partial charge < -0.3 is 18.9 Å². The molecule has 0 aromatic carbocycles. The molecular weight excluding hydrogens is 342 g/mol. The molecule has 0 bridgehead atoms. The number of ether oxygens (including phenoxy) is 1. The number of anilines is 1. The summed E-state index contributed by atoms with van der Waals surface area (Å²) in [6, 6.07) is 11.5. The highest BCUT2D eigenvalue weighted by Gasteiger charge is 2.26. The Morgan fingerprint density at radius 1 is 1.22 bits per heavy atom. The summed E-state index contributed by atoms with van der Waals surface area (Å²) in [5.74, 6) is 1.32. The molecule has 7 nitrogen and oxygen atoms in total. The Kier molecular flexibility index (Phi) is 4.66. The molecule has 4 heterocycles. The Hall–Kier alpha value is -3.09. The number of pyridine rings is 1. The molecule has 3 aromatic rings. The number of aromatic nitrogens is 3. The van der Waals surface area contributed by atoms with Gasteiger partial charge in [-0.3, -0.25) is 4.79 Å². The minimum atomic E-state index is -0.0702. The molecule has 1 saturated heterocycles. The average molecular weight is 365 g/mol. The van der Waals surface area contributed by atoms with E-state index >= 15 is 0 Å². The van der Waals surface area contributed by atoms with Gasteiger partial charge in [-0.2, -0.15) is 0 Å². The van der Waals surface area contributed by atoms with Crippen LogP contribution in [0.4, 0.5) is 5.82 Å². The number of hydrogen-bond acceptors (Lipinski definition) is 5. The van der Waals surface area contributed by atoms with Crippen molar-refractivity contribution < 1.29 is 9.53 Å². The summed E-state index contributed by atoms with van der Waals surface area (Å²) in [5.41, 5.74) is 1.72. The highest BCUT2D eigenvalue weighted by molar-refractivity contribution is 5.95. The zero-order valence-corrected chi connectivity index (χ0v) is 15.6. The lowest BCUT2D eigenvalue weighted by Crippen LogP contribution is -2.44. The molecule has 1 aliphatic rings. The average Bonchev–Trinajstić information content (AvgIpc) is 3.12. The number of carbonyl (C=O) groups is 1. The third-order valence-electron chi connectivity index (χ3n) is 4.79. The fourth-order valence-electron chi connectivity index (χ4n) is 3.36. The summed E-state index contributed by atoms with van der Waals surface area (Å²) in [5, 5.41) is 8.27. The maximum Gasteiger partial charge on any atom is 0.255 e. The van der Waals surface area contributed by atoms with Gasteiger partial charge in [0, 0.05) is 44.6 Å². The van der Waals surface area contributed by atoms with E-state index in [-0.39, 0.29) is 12.0 Å². The summed E-state index contributed by atoms with van der Waals surface area (Å²) >= 11 is 0. The zero-order valence-electron chi connectivity index (χ0n) is 15.6. The minimum absolute atomic E-state index is 0.0426. The van der Waals surface area contributed by atoms with Crippen LogP contribution in [0.1, 0.15) is 23.2 Å². The number of piperidine rings is 1. The first-order valence-electron chi connectivity index (χ1n) is 9.14. The van der Waals surface area contributed by atoms with Crippen LogP contribution < -0.4 is 9.64 Å². The van der Waals surface area contributed by atoms with Crippen molar-refractivity contribution in [3.8, 4) is 5.88 Å². The monoisotopic (exact) mass is 365 g/mol. The number of carbonyl (C=O) groups excluding carboxylic acids is 1. The molecule has 4 rings (SSSR count). The maximum atomic E-state index is 12.9. The molecule has 7 heteroatoms. The summed E-state index contributed by atoms with van der Waals surface area (Å²) in [6.45, 7) is 1.30. The molecule has 0 spiro atoms. The number of fused-ring (bicyclic) bond motifs is 1. The number of likely N-dealkylation sites (tertiary alicyclic amines) is 1. The van der Waals surface area contributed by atoms with Gasteiger partial charge >= 0.3 is 0 Å². The highest BCUT2D eigenvalue weighted by atomic mass is 16.5. The van der Waals surface area contributed by atoms with Crippen LogP contribution in [-0.4, -0.2) is 58.7 Å². The molecule has 0 radical (unpaired) electrons. The van der Waals surface area contributed by atoms with E-state index in [0.29, 0.717) is 18.0 Å². The van der Waals surface area contributed by atoms with Crippen molar-refractivity contribution in [3.05, 3.63) is 54.4 Å². The third-order valence-corrected chi connectivity index (χ3v) is 4.79. The molecule has 1 amide bonds. The smallest absolute Gasteiger partial charge is 0.255 e. The van der Waals surface area contributed by atoms with Gasteiger partial charge in [0.25, 0.3) is 5.91 Å². The number of hydrogen-bond donors (Lipinski definition) is 0. The second-order valence-electron chi connectivity index (χ2n) is 7.02. The second kappa shape index (κ2) is 7.26. The van der Waals surface area contributed by atoms with Crippen LogP contribution in [0.25, 0.3) is 5.52 Å². The normalized spacial score (nSPS) is 17.1. The fourth-order valence-corrected chi connectivity index (χ4v) is 3.36. The van der Waals surface area contributed by atoms with Crippen molar-refractivity contribution in [2.45, 2.75) is 18.9 Å². The number of nitrogens with zero attached hydrogens (tertiary/aromatic N) is 5. The fraction of sp³-hybridized carbons (Fsp3) is 0.350. The highest BCUT2D eigenvalue weighted by Crippen LogP contribution is 2.20. The van der Waals surface area contributed by atoms with Crippen LogP contribution >= 0.6 is 0 Å². The molecule has 1 atom stereocenters. The molecule has 0 aliphatic carbocycles. The van der Waals surface area contributed by atoms with E-state index in [1.165, 1.54) is 0 Å². The topological polar surface area (TPSA) is 63.0 Å². The van der Waals surface area contributed by atoms with E-state index in [1.54, 1.807) is 0 Å². The van der Waals surface area contributed by atoms with Gasteiger partial charge in [-0.15, -0.1) is 10.2 Å². The summed E-state index contributed by atoms with van der Waals surface area (Å²) in [4.78, 5) is 16.7. The molecule has 3 aromatic heterocycles. The molecule has 0 N–H and O–H groups in total. The lowest BCUT2D eigenvalue weighted by molar-refractivity contribution is 0.0526. The van der Waals surface area contributed by atoms with Crippen molar-refractivity contribution in [2.75, 3.05) is 32.1 Å². The van der Waals surface area contributed by atoms with Crippen LogP contribution in [-0.2, 0) is 0 Å². The van der Waals surface area contributed by atoms with Gasteiger partial charge in [-0.05, 0) is 37.1 Å². The zero-order chi connectivity index (χ0) is 18.8.